The number of hydrogen-bond acceptors (Lipinski definition) is 6. The smallest absolute Gasteiger partial charge is 0.490 e. The van der Waals surface area contributed by atoms with Crippen LogP contribution in [0.5, 0.6) is 5.75 Å². The van der Waals surface area contributed by atoms with Crippen LogP contribution in [0, 0.1) is 11.7 Å². The number of aromatic nitrogens is 3. The number of carbonyl (C=O) groups is 2. The molecule has 1 aliphatic rings. The zero-order chi connectivity index (χ0) is 32.9. The van der Waals surface area contributed by atoms with Crippen molar-refractivity contribution in [3.8, 4) is 28.1 Å². The highest BCUT2D eigenvalue weighted by Gasteiger charge is 2.38. The van der Waals surface area contributed by atoms with Gasteiger partial charge < -0.3 is 15.2 Å². The van der Waals surface area contributed by atoms with Gasteiger partial charge in [0.15, 0.2) is 0 Å². The highest BCUT2D eigenvalue weighted by molar-refractivity contribution is 6.31. The zero-order valence-electron chi connectivity index (χ0n) is 23.9. The standard InChI is InChI=1S/C29H26ClFN4O3.C2HF3O2/c1-17-4-3-5-26(35-16-33-24(15-28(35)36)22-13-19(30)6-9-27(22)38-2)25-12-18(10-11-32-25)21-14-20(31)7-8-23(21)34-29(17)37;3-2(4,5)1(6)7/h6-17,26H,3-5H2,1-2H3,(H,34,37);(H,6,7)/t17-,26+;/m1./s1. The number of carboxylic acid groups (broad SMARTS) is 1. The van der Waals surface area contributed by atoms with Crippen molar-refractivity contribution in [2.24, 2.45) is 5.92 Å². The van der Waals surface area contributed by atoms with Crippen molar-refractivity contribution in [3.63, 3.8) is 0 Å². The molecule has 5 rings (SSSR count). The van der Waals surface area contributed by atoms with Crippen LogP contribution in [-0.2, 0) is 9.59 Å². The number of benzene rings is 2. The van der Waals surface area contributed by atoms with E-state index >= 15 is 0 Å². The molecule has 2 atom stereocenters. The van der Waals surface area contributed by atoms with Crippen LogP contribution in [0.25, 0.3) is 22.4 Å². The molecule has 3 heterocycles. The predicted octanol–water partition coefficient (Wildman–Crippen LogP) is 6.75. The van der Waals surface area contributed by atoms with Gasteiger partial charge in [-0.15, -0.1) is 0 Å². The number of carbonyl (C=O) groups excluding carboxylic acids is 1. The third kappa shape index (κ3) is 8.04. The number of nitrogens with one attached hydrogen (secondary N) is 1. The summed E-state index contributed by atoms with van der Waals surface area (Å²) in [5.74, 6) is -3.03. The first-order valence-electron chi connectivity index (χ1n) is 13.6. The molecular weight excluding hydrogens is 620 g/mol. The average Bonchev–Trinajstić information content (AvgIpc) is 2.99. The molecule has 2 aromatic heterocycles. The second-order valence-corrected chi connectivity index (χ2v) is 10.6. The highest BCUT2D eigenvalue weighted by Crippen LogP contribution is 2.34. The van der Waals surface area contributed by atoms with Crippen molar-refractivity contribution in [2.45, 2.75) is 38.4 Å². The minimum atomic E-state index is -5.08. The van der Waals surface area contributed by atoms with Gasteiger partial charge in [0.25, 0.3) is 5.56 Å². The Bertz CT molecular complexity index is 1780. The van der Waals surface area contributed by atoms with Crippen molar-refractivity contribution in [1.82, 2.24) is 14.5 Å². The van der Waals surface area contributed by atoms with Gasteiger partial charge in [-0.1, -0.05) is 24.9 Å². The molecule has 4 aromatic rings. The summed E-state index contributed by atoms with van der Waals surface area (Å²) in [5, 5.41) is 10.6. The van der Waals surface area contributed by atoms with Crippen LogP contribution < -0.4 is 15.6 Å². The second-order valence-electron chi connectivity index (χ2n) is 10.2. The predicted molar refractivity (Wildman–Crippen MR) is 159 cm³/mol. The Balaban J connectivity index is 0.000000591. The molecule has 2 N–H and O–H groups in total. The second kappa shape index (κ2) is 13.9. The number of amides is 1. The number of carboxylic acids is 1. The van der Waals surface area contributed by atoms with Crippen molar-refractivity contribution < 1.29 is 37.0 Å². The molecule has 0 saturated carbocycles. The van der Waals surface area contributed by atoms with Gasteiger partial charge in [0.05, 0.1) is 30.9 Å². The lowest BCUT2D eigenvalue weighted by molar-refractivity contribution is -0.192. The summed E-state index contributed by atoms with van der Waals surface area (Å²) in [4.78, 5) is 44.3. The van der Waals surface area contributed by atoms with Crippen LogP contribution >= 0.6 is 11.6 Å². The number of halogens is 5. The van der Waals surface area contributed by atoms with Gasteiger partial charge in [-0.25, -0.2) is 14.2 Å². The fourth-order valence-electron chi connectivity index (χ4n) is 4.77. The number of fused-ring (bicyclic) bond motifs is 4. The summed E-state index contributed by atoms with van der Waals surface area (Å²) in [6.45, 7) is 1.86. The van der Waals surface area contributed by atoms with E-state index in [2.05, 4.69) is 15.3 Å². The molecule has 2 bridgehead atoms. The van der Waals surface area contributed by atoms with Crippen LogP contribution in [-0.4, -0.2) is 44.8 Å². The Morgan fingerprint density at radius 2 is 1.78 bits per heavy atom. The molecule has 0 saturated heterocycles. The molecule has 0 radical (unpaired) electrons. The molecule has 0 unspecified atom stereocenters. The number of ether oxygens (including phenoxy) is 1. The summed E-state index contributed by atoms with van der Waals surface area (Å²) >= 11 is 6.18. The van der Waals surface area contributed by atoms with Gasteiger partial charge in [-0.05, 0) is 66.9 Å². The first-order chi connectivity index (χ1) is 21.3. The summed E-state index contributed by atoms with van der Waals surface area (Å²) in [6, 6.07) is 14.0. The number of nitrogens with zero attached hydrogens (tertiary/aromatic N) is 3. The largest absolute Gasteiger partial charge is 0.496 e. The fourth-order valence-corrected chi connectivity index (χ4v) is 4.94. The van der Waals surface area contributed by atoms with Gasteiger partial charge >= 0.3 is 12.1 Å². The van der Waals surface area contributed by atoms with Crippen molar-refractivity contribution >= 4 is 29.2 Å². The van der Waals surface area contributed by atoms with Crippen molar-refractivity contribution in [1.29, 1.82) is 0 Å². The Morgan fingerprint density at radius 3 is 2.44 bits per heavy atom. The van der Waals surface area contributed by atoms with Gasteiger partial charge in [0.1, 0.15) is 11.6 Å². The number of rotatable bonds is 3. The Labute approximate surface area is 259 Å². The molecule has 1 amide bonds. The molecule has 45 heavy (non-hydrogen) atoms. The first kappa shape index (κ1) is 33.1. The maximum absolute atomic E-state index is 14.2. The molecule has 9 nitrogen and oxygen atoms in total. The van der Waals surface area contributed by atoms with E-state index in [0.717, 1.165) is 0 Å². The number of pyridine rings is 1. The van der Waals surface area contributed by atoms with Crippen LogP contribution in [0.1, 0.15) is 37.9 Å². The summed E-state index contributed by atoms with van der Waals surface area (Å²) in [5.41, 5.74) is 3.19. The third-order valence-electron chi connectivity index (χ3n) is 7.09. The van der Waals surface area contributed by atoms with E-state index < -0.39 is 24.0 Å². The average molecular weight is 647 g/mol. The quantitative estimate of drug-likeness (QED) is 0.236. The van der Waals surface area contributed by atoms with Crippen LogP contribution in [0.4, 0.5) is 23.2 Å². The lowest BCUT2D eigenvalue weighted by atomic mass is 9.95. The lowest BCUT2D eigenvalue weighted by Gasteiger charge is -2.23. The molecule has 2 aromatic carbocycles. The number of aliphatic carboxylic acids is 1. The summed E-state index contributed by atoms with van der Waals surface area (Å²) in [6.07, 6.45) is -0.0966. The van der Waals surface area contributed by atoms with E-state index in [1.54, 1.807) is 48.2 Å². The maximum Gasteiger partial charge on any atom is 0.490 e. The molecule has 1 aliphatic heterocycles. The Kier molecular flexibility index (Phi) is 10.2. The van der Waals surface area contributed by atoms with Crippen molar-refractivity contribution in [2.75, 3.05) is 12.4 Å². The van der Waals surface area contributed by atoms with Crippen LogP contribution in [0.3, 0.4) is 0 Å². The summed E-state index contributed by atoms with van der Waals surface area (Å²) in [7, 11) is 1.54. The number of methoxy groups -OCH3 is 1. The minimum Gasteiger partial charge on any atom is -0.496 e. The topological polar surface area (TPSA) is 123 Å². The molecule has 14 heteroatoms. The minimum absolute atomic E-state index is 0.136. The maximum atomic E-state index is 14.2. The third-order valence-corrected chi connectivity index (χ3v) is 7.32. The van der Waals surface area contributed by atoms with E-state index in [-0.39, 0.29) is 17.4 Å². The van der Waals surface area contributed by atoms with Crippen LogP contribution in [0.2, 0.25) is 5.02 Å². The van der Waals surface area contributed by atoms with E-state index in [4.69, 9.17) is 26.2 Å². The number of hydrogen-bond donors (Lipinski definition) is 2. The van der Waals surface area contributed by atoms with E-state index in [9.17, 15) is 27.2 Å². The SMILES string of the molecule is COc1ccc(Cl)cc1-c1cc(=O)n([C@H]2CCC[C@@H](C)C(=O)Nc3ccc(F)cc3-c3ccnc2c3)cn1.O=C(O)C(F)(F)F. The van der Waals surface area contributed by atoms with Gasteiger partial charge in [0.2, 0.25) is 5.91 Å². The number of alkyl halides is 3. The van der Waals surface area contributed by atoms with E-state index in [0.29, 0.717) is 63.8 Å². The van der Waals surface area contributed by atoms with E-state index in [1.165, 1.54) is 24.5 Å². The lowest BCUT2D eigenvalue weighted by Crippen LogP contribution is -2.27. The van der Waals surface area contributed by atoms with Crippen LogP contribution in [0.15, 0.2) is 71.9 Å². The zero-order valence-corrected chi connectivity index (χ0v) is 24.7. The highest BCUT2D eigenvalue weighted by atomic mass is 35.5. The normalized spacial score (nSPS) is 16.6. The molecule has 0 aliphatic carbocycles. The molecule has 0 fully saturated rings. The van der Waals surface area contributed by atoms with Gasteiger partial charge in [-0.2, -0.15) is 13.2 Å². The van der Waals surface area contributed by atoms with Gasteiger partial charge in [0, 0.05) is 40.0 Å². The monoisotopic (exact) mass is 646 g/mol. The Morgan fingerprint density at radius 1 is 1.04 bits per heavy atom. The molecule has 0 spiro atoms. The Hall–Kier alpha value is -4.78. The molecule has 236 valence electrons. The van der Waals surface area contributed by atoms with Gasteiger partial charge in [-0.3, -0.25) is 19.1 Å². The summed E-state index contributed by atoms with van der Waals surface area (Å²) < 4.78 is 53.0. The van der Waals surface area contributed by atoms with Crippen molar-refractivity contribution in [3.05, 3.63) is 94.0 Å². The fraction of sp³-hybridized carbons (Fsp3) is 0.258. The number of anilines is 1. The first-order valence-corrected chi connectivity index (χ1v) is 13.9. The van der Waals surface area contributed by atoms with E-state index in [1.807, 2.05) is 13.0 Å². The molecular formula is C31H27ClF4N4O5.